The van der Waals surface area contributed by atoms with Crippen molar-refractivity contribution in [1.29, 1.82) is 0 Å². The molecule has 1 atom stereocenters. The van der Waals surface area contributed by atoms with Crippen LogP contribution in [0.4, 0.5) is 5.82 Å². The number of hydrogen-bond donors (Lipinski definition) is 1. The van der Waals surface area contributed by atoms with E-state index in [1.165, 1.54) is 43.5 Å². The summed E-state index contributed by atoms with van der Waals surface area (Å²) in [6.45, 7) is 5.63. The van der Waals surface area contributed by atoms with Gasteiger partial charge in [0.05, 0.1) is 18.1 Å². The van der Waals surface area contributed by atoms with Gasteiger partial charge in [0.2, 0.25) is 0 Å². The van der Waals surface area contributed by atoms with Gasteiger partial charge < -0.3 is 5.32 Å². The molecule has 3 aromatic rings. The molecule has 1 aromatic heterocycles. The largest absolute Gasteiger partial charge is 0.362 e. The van der Waals surface area contributed by atoms with E-state index in [-0.39, 0.29) is 6.04 Å². The van der Waals surface area contributed by atoms with Gasteiger partial charge in [0.15, 0.2) is 0 Å². The zero-order valence-corrected chi connectivity index (χ0v) is 16.5. The minimum absolute atomic E-state index is 0.178. The van der Waals surface area contributed by atoms with Crippen LogP contribution in [-0.4, -0.2) is 28.0 Å². The Kier molecular flexibility index (Phi) is 5.98. The number of anilines is 1. The van der Waals surface area contributed by atoms with E-state index in [9.17, 15) is 0 Å². The summed E-state index contributed by atoms with van der Waals surface area (Å²) in [5.41, 5.74) is 4.60. The number of nitrogens with one attached hydrogen (secondary N) is 1. The van der Waals surface area contributed by atoms with E-state index in [1.54, 1.807) is 6.20 Å². The quantitative estimate of drug-likeness (QED) is 0.637. The average Bonchev–Trinajstić information content (AvgIpc) is 2.76. The first-order valence-corrected chi connectivity index (χ1v) is 10.2. The van der Waals surface area contributed by atoms with Crippen molar-refractivity contribution in [2.45, 2.75) is 38.8 Å². The van der Waals surface area contributed by atoms with Gasteiger partial charge in [-0.25, -0.2) is 4.98 Å². The molecule has 144 valence electrons. The Hall–Kier alpha value is -2.72. The molecule has 4 rings (SSSR count). The first kappa shape index (κ1) is 18.6. The minimum atomic E-state index is 0.178. The second kappa shape index (κ2) is 8.98. The molecule has 0 spiro atoms. The number of piperidine rings is 1. The molecule has 0 amide bonds. The third kappa shape index (κ3) is 4.76. The summed E-state index contributed by atoms with van der Waals surface area (Å²) < 4.78 is 0. The highest BCUT2D eigenvalue weighted by atomic mass is 15.1. The number of rotatable bonds is 6. The van der Waals surface area contributed by atoms with Gasteiger partial charge in [0, 0.05) is 18.2 Å². The maximum Gasteiger partial charge on any atom is 0.145 e. The van der Waals surface area contributed by atoms with E-state index in [2.05, 4.69) is 70.7 Å². The van der Waals surface area contributed by atoms with Crippen molar-refractivity contribution < 1.29 is 0 Å². The fourth-order valence-electron chi connectivity index (χ4n) is 3.78. The Morgan fingerprint density at radius 3 is 2.43 bits per heavy atom. The molecular formula is C24H28N4. The predicted molar refractivity (Wildman–Crippen MR) is 115 cm³/mol. The third-order valence-corrected chi connectivity index (χ3v) is 5.40. The summed E-state index contributed by atoms with van der Waals surface area (Å²) in [5.74, 6) is 0.797. The van der Waals surface area contributed by atoms with Crippen molar-refractivity contribution in [3.63, 3.8) is 0 Å². The van der Waals surface area contributed by atoms with Crippen molar-refractivity contribution in [3.8, 4) is 11.3 Å². The highest BCUT2D eigenvalue weighted by molar-refractivity contribution is 5.60. The van der Waals surface area contributed by atoms with Crippen LogP contribution in [0.5, 0.6) is 0 Å². The van der Waals surface area contributed by atoms with Gasteiger partial charge in [0.1, 0.15) is 5.82 Å². The van der Waals surface area contributed by atoms with Crippen molar-refractivity contribution in [3.05, 3.63) is 78.1 Å². The SMILES string of the molecule is CC(Nc1cncc(-c2ccc(CN3CCCCC3)cc2)n1)c1ccccc1. The van der Waals surface area contributed by atoms with E-state index in [0.29, 0.717) is 0 Å². The van der Waals surface area contributed by atoms with Crippen LogP contribution < -0.4 is 5.32 Å². The van der Waals surface area contributed by atoms with E-state index < -0.39 is 0 Å². The third-order valence-electron chi connectivity index (χ3n) is 5.40. The van der Waals surface area contributed by atoms with Crippen LogP contribution in [-0.2, 0) is 6.54 Å². The lowest BCUT2D eigenvalue weighted by Crippen LogP contribution is -2.28. The van der Waals surface area contributed by atoms with Crippen molar-refractivity contribution >= 4 is 5.82 Å². The van der Waals surface area contributed by atoms with Crippen LogP contribution in [0.2, 0.25) is 0 Å². The Labute approximate surface area is 167 Å². The highest BCUT2D eigenvalue weighted by Crippen LogP contribution is 2.22. The smallest absolute Gasteiger partial charge is 0.145 e. The molecule has 1 aliphatic rings. The molecule has 0 saturated carbocycles. The van der Waals surface area contributed by atoms with Gasteiger partial charge in [-0.1, -0.05) is 61.0 Å². The Morgan fingerprint density at radius 1 is 0.929 bits per heavy atom. The van der Waals surface area contributed by atoms with Crippen molar-refractivity contribution in [2.24, 2.45) is 0 Å². The molecule has 1 N–H and O–H groups in total. The Morgan fingerprint density at radius 2 is 1.68 bits per heavy atom. The van der Waals surface area contributed by atoms with E-state index >= 15 is 0 Å². The molecule has 2 aromatic carbocycles. The number of nitrogens with zero attached hydrogens (tertiary/aromatic N) is 3. The fraction of sp³-hybridized carbons (Fsp3) is 0.333. The molecule has 0 aliphatic carbocycles. The summed E-state index contributed by atoms with van der Waals surface area (Å²) in [6.07, 6.45) is 7.65. The molecule has 28 heavy (non-hydrogen) atoms. The van der Waals surface area contributed by atoms with E-state index in [1.807, 2.05) is 12.3 Å². The molecule has 1 saturated heterocycles. The van der Waals surface area contributed by atoms with Crippen LogP contribution in [0, 0.1) is 0 Å². The molecule has 0 radical (unpaired) electrons. The summed E-state index contributed by atoms with van der Waals surface area (Å²) >= 11 is 0. The summed E-state index contributed by atoms with van der Waals surface area (Å²) in [6, 6.07) is 19.3. The molecule has 4 heteroatoms. The predicted octanol–water partition coefficient (Wildman–Crippen LogP) is 5.30. The number of likely N-dealkylation sites (tertiary alicyclic amines) is 1. The second-order valence-corrected chi connectivity index (χ2v) is 7.60. The number of aromatic nitrogens is 2. The van der Waals surface area contributed by atoms with Gasteiger partial charge in [-0.05, 0) is 44.0 Å². The van der Waals surface area contributed by atoms with E-state index in [4.69, 9.17) is 4.98 Å². The molecular weight excluding hydrogens is 344 g/mol. The van der Waals surface area contributed by atoms with Crippen LogP contribution >= 0.6 is 0 Å². The van der Waals surface area contributed by atoms with Crippen LogP contribution in [0.15, 0.2) is 67.0 Å². The monoisotopic (exact) mass is 372 g/mol. The normalized spacial score (nSPS) is 15.9. The standard InChI is InChI=1S/C24H28N4/c1-19(21-8-4-2-5-9-21)26-24-17-25-16-23(27-24)22-12-10-20(11-13-22)18-28-14-6-3-7-15-28/h2,4-5,8-13,16-17,19H,3,6-7,14-15,18H2,1H3,(H,26,27). The lowest BCUT2D eigenvalue weighted by Gasteiger charge is -2.26. The van der Waals surface area contributed by atoms with Gasteiger partial charge in [0.25, 0.3) is 0 Å². The minimum Gasteiger partial charge on any atom is -0.362 e. The Bertz CT molecular complexity index is 871. The van der Waals surface area contributed by atoms with Gasteiger partial charge >= 0.3 is 0 Å². The maximum absolute atomic E-state index is 4.77. The van der Waals surface area contributed by atoms with Crippen LogP contribution in [0.1, 0.15) is 43.4 Å². The molecule has 2 heterocycles. The number of benzene rings is 2. The Balaban J connectivity index is 1.43. The first-order valence-electron chi connectivity index (χ1n) is 10.2. The first-order chi connectivity index (χ1) is 13.8. The second-order valence-electron chi connectivity index (χ2n) is 7.60. The average molecular weight is 373 g/mol. The van der Waals surface area contributed by atoms with Gasteiger partial charge in [-0.15, -0.1) is 0 Å². The van der Waals surface area contributed by atoms with Gasteiger partial charge in [-0.2, -0.15) is 0 Å². The molecule has 0 bridgehead atoms. The van der Waals surface area contributed by atoms with Crippen LogP contribution in [0.25, 0.3) is 11.3 Å². The zero-order chi connectivity index (χ0) is 19.2. The summed E-state index contributed by atoms with van der Waals surface area (Å²) in [4.78, 5) is 11.7. The van der Waals surface area contributed by atoms with Crippen LogP contribution in [0.3, 0.4) is 0 Å². The van der Waals surface area contributed by atoms with Crippen molar-refractivity contribution in [1.82, 2.24) is 14.9 Å². The molecule has 1 fully saturated rings. The van der Waals surface area contributed by atoms with Gasteiger partial charge in [-0.3, -0.25) is 9.88 Å². The maximum atomic E-state index is 4.77. The molecule has 1 unspecified atom stereocenters. The number of hydrogen-bond acceptors (Lipinski definition) is 4. The fourth-order valence-corrected chi connectivity index (χ4v) is 3.78. The van der Waals surface area contributed by atoms with E-state index in [0.717, 1.165) is 23.6 Å². The summed E-state index contributed by atoms with van der Waals surface area (Å²) in [7, 11) is 0. The lowest BCUT2D eigenvalue weighted by molar-refractivity contribution is 0.221. The molecule has 4 nitrogen and oxygen atoms in total. The van der Waals surface area contributed by atoms with Crippen molar-refractivity contribution in [2.75, 3.05) is 18.4 Å². The topological polar surface area (TPSA) is 41.1 Å². The highest BCUT2D eigenvalue weighted by Gasteiger charge is 2.11. The lowest BCUT2D eigenvalue weighted by atomic mass is 10.1. The molecule has 1 aliphatic heterocycles. The summed E-state index contributed by atoms with van der Waals surface area (Å²) in [5, 5.41) is 3.45. The zero-order valence-electron chi connectivity index (χ0n) is 16.5.